The quantitative estimate of drug-likeness (QED) is 0.666. The normalized spacial score (nSPS) is 10.7. The molecule has 0 aromatic carbocycles. The molecule has 0 saturated carbocycles. The molecule has 0 aliphatic rings. The van der Waals surface area contributed by atoms with Crippen LogP contribution in [0.15, 0.2) is 18.3 Å². The molecule has 0 bridgehead atoms. The van der Waals surface area contributed by atoms with Crippen LogP contribution >= 0.6 is 0 Å². The highest BCUT2D eigenvalue weighted by molar-refractivity contribution is 5.79. The van der Waals surface area contributed by atoms with Crippen molar-refractivity contribution in [2.24, 2.45) is 0 Å². The first kappa shape index (κ1) is 14.6. The molecule has 0 unspecified atom stereocenters. The molecule has 1 aromatic heterocycles. The second-order valence-electron chi connectivity index (χ2n) is 4.37. The van der Waals surface area contributed by atoms with Gasteiger partial charge < -0.3 is 9.47 Å². The Kier molecular flexibility index (Phi) is 6.36. The number of ether oxygens (including phenoxy) is 2. The van der Waals surface area contributed by atoms with Crippen LogP contribution in [0.4, 0.5) is 0 Å². The van der Waals surface area contributed by atoms with Crippen LogP contribution in [0, 0.1) is 0 Å². The van der Waals surface area contributed by atoms with Crippen molar-refractivity contribution in [1.82, 2.24) is 4.98 Å². The highest BCUT2D eigenvalue weighted by atomic mass is 16.5. The van der Waals surface area contributed by atoms with Crippen LogP contribution in [0.2, 0.25) is 0 Å². The number of ketones is 1. The van der Waals surface area contributed by atoms with Crippen LogP contribution in [0.1, 0.15) is 38.8 Å². The Hall–Kier alpha value is -1.42. The molecule has 0 fully saturated rings. The zero-order chi connectivity index (χ0) is 13.4. The lowest BCUT2D eigenvalue weighted by Crippen LogP contribution is -2.12. The Morgan fingerprint density at radius 3 is 2.67 bits per heavy atom. The standard InChI is InChI=1S/C14H21NO3/c1-4-12(16)10-17-7-8-18-13-5-6-14(11(2)3)15-9-13/h5-6,9,11H,4,7-8,10H2,1-3H3. The van der Waals surface area contributed by atoms with Crippen molar-refractivity contribution < 1.29 is 14.3 Å². The largest absolute Gasteiger partial charge is 0.490 e. The van der Waals surface area contributed by atoms with E-state index in [-0.39, 0.29) is 12.4 Å². The van der Waals surface area contributed by atoms with Crippen molar-refractivity contribution in [2.45, 2.75) is 33.1 Å². The van der Waals surface area contributed by atoms with E-state index in [1.165, 1.54) is 0 Å². The van der Waals surface area contributed by atoms with Crippen LogP contribution in [0.5, 0.6) is 5.75 Å². The summed E-state index contributed by atoms with van der Waals surface area (Å²) in [7, 11) is 0. The molecule has 0 radical (unpaired) electrons. The van der Waals surface area contributed by atoms with Crippen molar-refractivity contribution in [3.8, 4) is 5.75 Å². The number of hydrogen-bond acceptors (Lipinski definition) is 4. The number of aromatic nitrogens is 1. The monoisotopic (exact) mass is 251 g/mol. The molecule has 0 saturated heterocycles. The molecule has 0 N–H and O–H groups in total. The number of rotatable bonds is 8. The van der Waals surface area contributed by atoms with Gasteiger partial charge >= 0.3 is 0 Å². The van der Waals surface area contributed by atoms with E-state index in [0.717, 1.165) is 11.4 Å². The Balaban J connectivity index is 2.21. The summed E-state index contributed by atoms with van der Waals surface area (Å²) in [6.07, 6.45) is 2.23. The van der Waals surface area contributed by atoms with Crippen molar-refractivity contribution >= 4 is 5.78 Å². The molecule has 1 heterocycles. The van der Waals surface area contributed by atoms with E-state index in [2.05, 4.69) is 18.8 Å². The summed E-state index contributed by atoms with van der Waals surface area (Å²) < 4.78 is 10.6. The number of pyridine rings is 1. The third-order valence-corrected chi connectivity index (χ3v) is 2.50. The van der Waals surface area contributed by atoms with E-state index in [9.17, 15) is 4.79 Å². The van der Waals surface area contributed by atoms with Crippen molar-refractivity contribution in [3.05, 3.63) is 24.0 Å². The second-order valence-corrected chi connectivity index (χ2v) is 4.37. The molecule has 100 valence electrons. The minimum Gasteiger partial charge on any atom is -0.490 e. The van der Waals surface area contributed by atoms with Gasteiger partial charge in [0.25, 0.3) is 0 Å². The molecular formula is C14H21NO3. The van der Waals surface area contributed by atoms with Crippen molar-refractivity contribution in [2.75, 3.05) is 19.8 Å². The van der Waals surface area contributed by atoms with Gasteiger partial charge in [-0.2, -0.15) is 0 Å². The molecule has 4 nitrogen and oxygen atoms in total. The molecule has 0 aliphatic heterocycles. The highest BCUT2D eigenvalue weighted by Gasteiger charge is 2.01. The number of carbonyl (C=O) groups excluding carboxylic acids is 1. The number of nitrogens with zero attached hydrogens (tertiary/aromatic N) is 1. The first-order valence-corrected chi connectivity index (χ1v) is 6.31. The molecule has 1 rings (SSSR count). The van der Waals surface area contributed by atoms with Crippen LogP contribution in [-0.4, -0.2) is 30.6 Å². The molecule has 1 aromatic rings. The summed E-state index contributed by atoms with van der Waals surface area (Å²) in [6.45, 7) is 7.04. The van der Waals surface area contributed by atoms with Gasteiger partial charge in [0.05, 0.1) is 12.8 Å². The first-order valence-electron chi connectivity index (χ1n) is 6.31. The predicted octanol–water partition coefficient (Wildman–Crippen LogP) is 2.58. The van der Waals surface area contributed by atoms with Gasteiger partial charge in [0, 0.05) is 12.1 Å². The predicted molar refractivity (Wildman–Crippen MR) is 69.9 cm³/mol. The molecule has 4 heteroatoms. The highest BCUT2D eigenvalue weighted by Crippen LogP contribution is 2.15. The lowest BCUT2D eigenvalue weighted by atomic mass is 10.1. The van der Waals surface area contributed by atoms with Gasteiger partial charge in [-0.25, -0.2) is 0 Å². The van der Waals surface area contributed by atoms with Gasteiger partial charge in [0.1, 0.15) is 19.0 Å². The Morgan fingerprint density at radius 1 is 1.33 bits per heavy atom. The summed E-state index contributed by atoms with van der Waals surface area (Å²) in [4.78, 5) is 15.3. The fourth-order valence-corrected chi connectivity index (χ4v) is 1.33. The average Bonchev–Trinajstić information content (AvgIpc) is 2.38. The van der Waals surface area contributed by atoms with Gasteiger partial charge in [-0.1, -0.05) is 20.8 Å². The smallest absolute Gasteiger partial charge is 0.158 e. The molecule has 0 atom stereocenters. The van der Waals surface area contributed by atoms with E-state index in [0.29, 0.717) is 25.6 Å². The maximum atomic E-state index is 11.0. The van der Waals surface area contributed by atoms with Crippen LogP contribution in [0.3, 0.4) is 0 Å². The van der Waals surface area contributed by atoms with Gasteiger partial charge in [0.2, 0.25) is 0 Å². The summed E-state index contributed by atoms with van der Waals surface area (Å²) in [5, 5.41) is 0. The summed E-state index contributed by atoms with van der Waals surface area (Å²) >= 11 is 0. The third kappa shape index (κ3) is 5.27. The van der Waals surface area contributed by atoms with E-state index >= 15 is 0 Å². The third-order valence-electron chi connectivity index (χ3n) is 2.50. The SMILES string of the molecule is CCC(=O)COCCOc1ccc(C(C)C)nc1. The van der Waals surface area contributed by atoms with Gasteiger partial charge in [-0.05, 0) is 18.1 Å². The fraction of sp³-hybridized carbons (Fsp3) is 0.571. The Morgan fingerprint density at radius 2 is 2.11 bits per heavy atom. The molecule has 0 aliphatic carbocycles. The summed E-state index contributed by atoms with van der Waals surface area (Å²) in [6, 6.07) is 3.86. The molecular weight excluding hydrogens is 230 g/mol. The lowest BCUT2D eigenvalue weighted by Gasteiger charge is -2.08. The van der Waals surface area contributed by atoms with Crippen molar-refractivity contribution in [3.63, 3.8) is 0 Å². The maximum absolute atomic E-state index is 11.0. The fourth-order valence-electron chi connectivity index (χ4n) is 1.33. The summed E-state index contributed by atoms with van der Waals surface area (Å²) in [5.74, 6) is 1.25. The van der Waals surface area contributed by atoms with Gasteiger partial charge in [-0.15, -0.1) is 0 Å². The topological polar surface area (TPSA) is 48.4 Å². The van der Waals surface area contributed by atoms with E-state index in [1.54, 1.807) is 6.20 Å². The average molecular weight is 251 g/mol. The first-order chi connectivity index (χ1) is 8.63. The molecule has 0 amide bonds. The second kappa shape index (κ2) is 7.82. The van der Waals surface area contributed by atoms with E-state index in [1.807, 2.05) is 19.1 Å². The lowest BCUT2D eigenvalue weighted by molar-refractivity contribution is -0.123. The van der Waals surface area contributed by atoms with Gasteiger partial charge in [0.15, 0.2) is 5.78 Å². The van der Waals surface area contributed by atoms with Gasteiger partial charge in [-0.3, -0.25) is 9.78 Å². The zero-order valence-corrected chi connectivity index (χ0v) is 11.3. The van der Waals surface area contributed by atoms with Crippen LogP contribution in [0.25, 0.3) is 0 Å². The Labute approximate surface area is 108 Å². The summed E-state index contributed by atoms with van der Waals surface area (Å²) in [5.41, 5.74) is 1.05. The minimum absolute atomic E-state index is 0.109. The van der Waals surface area contributed by atoms with Crippen LogP contribution in [-0.2, 0) is 9.53 Å². The zero-order valence-electron chi connectivity index (χ0n) is 11.3. The number of hydrogen-bond donors (Lipinski definition) is 0. The van der Waals surface area contributed by atoms with Crippen molar-refractivity contribution in [1.29, 1.82) is 0 Å². The number of carbonyl (C=O) groups is 1. The Bertz CT molecular complexity index is 360. The molecule has 18 heavy (non-hydrogen) atoms. The minimum atomic E-state index is 0.109. The molecule has 0 spiro atoms. The van der Waals surface area contributed by atoms with E-state index in [4.69, 9.17) is 9.47 Å². The van der Waals surface area contributed by atoms with E-state index < -0.39 is 0 Å². The van der Waals surface area contributed by atoms with Crippen LogP contribution < -0.4 is 4.74 Å². The number of Topliss-reactive ketones (excluding diaryl/α,β-unsaturated/α-hetero) is 1. The maximum Gasteiger partial charge on any atom is 0.158 e.